The highest BCUT2D eigenvalue weighted by atomic mass is 32.2. The van der Waals surface area contributed by atoms with Crippen LogP contribution in [-0.2, 0) is 13.5 Å². The van der Waals surface area contributed by atoms with Gasteiger partial charge in [-0.25, -0.2) is 15.0 Å². The van der Waals surface area contributed by atoms with Crippen molar-refractivity contribution >= 4 is 28.7 Å². The summed E-state index contributed by atoms with van der Waals surface area (Å²) in [5, 5.41) is 0.742. The molecule has 0 saturated carbocycles. The van der Waals surface area contributed by atoms with E-state index in [1.54, 1.807) is 11.8 Å². The summed E-state index contributed by atoms with van der Waals surface area (Å²) in [4.78, 5) is 13.9. The second-order valence-corrected chi connectivity index (χ2v) is 7.40. The minimum Gasteiger partial charge on any atom is -0.382 e. The summed E-state index contributed by atoms with van der Waals surface area (Å²) < 4.78 is 2.00. The molecule has 0 atom stereocenters. The van der Waals surface area contributed by atoms with Gasteiger partial charge in [0.2, 0.25) is 0 Å². The molecule has 4 aromatic rings. The van der Waals surface area contributed by atoms with Crippen LogP contribution >= 0.6 is 11.8 Å². The van der Waals surface area contributed by atoms with Crippen molar-refractivity contribution in [3.8, 4) is 0 Å². The van der Waals surface area contributed by atoms with Crippen LogP contribution in [0.2, 0.25) is 0 Å². The molecule has 0 aliphatic carbocycles. The fourth-order valence-electron chi connectivity index (χ4n) is 3.17. The maximum absolute atomic E-state index is 6.21. The summed E-state index contributed by atoms with van der Waals surface area (Å²) in [5.74, 6) is 1.38. The molecule has 6 heteroatoms. The first-order chi connectivity index (χ1) is 13.2. The number of hydrogen-bond donors (Lipinski definition) is 1. The van der Waals surface area contributed by atoms with Gasteiger partial charge in [-0.05, 0) is 11.1 Å². The summed E-state index contributed by atoms with van der Waals surface area (Å²) in [6.07, 6.45) is 0.825. The first-order valence-corrected chi connectivity index (χ1v) is 9.80. The standard InChI is InChI=1S/C21H21N5S/c1-3-16-23-17-19(22)24-21(25-20(17)26(16)2)27-18(14-10-6-4-7-11-14)15-12-8-5-9-13-15/h4-13,18H,3H2,1-2H3,(H2,22,24,25). The molecule has 136 valence electrons. The first-order valence-electron chi connectivity index (χ1n) is 8.92. The SMILES string of the molecule is CCc1nc2c(N)nc(SC(c3ccccc3)c3ccccc3)nc2n1C. The van der Waals surface area contributed by atoms with Gasteiger partial charge in [-0.2, -0.15) is 0 Å². The molecule has 0 spiro atoms. The van der Waals surface area contributed by atoms with Gasteiger partial charge >= 0.3 is 0 Å². The molecule has 0 fully saturated rings. The van der Waals surface area contributed by atoms with E-state index in [1.165, 1.54) is 11.1 Å². The Morgan fingerprint density at radius 3 is 2.07 bits per heavy atom. The maximum atomic E-state index is 6.21. The zero-order valence-corrected chi connectivity index (χ0v) is 16.1. The summed E-state index contributed by atoms with van der Waals surface area (Å²) in [5.41, 5.74) is 10.1. The van der Waals surface area contributed by atoms with Crippen molar-refractivity contribution < 1.29 is 0 Å². The van der Waals surface area contributed by atoms with Crippen molar-refractivity contribution in [1.82, 2.24) is 19.5 Å². The predicted molar refractivity (Wildman–Crippen MR) is 111 cm³/mol. The number of nitrogens with zero attached hydrogens (tertiary/aromatic N) is 4. The van der Waals surface area contributed by atoms with Crippen LogP contribution in [0.15, 0.2) is 65.8 Å². The highest BCUT2D eigenvalue weighted by Gasteiger charge is 2.20. The third-order valence-electron chi connectivity index (χ3n) is 4.56. The summed E-state index contributed by atoms with van der Waals surface area (Å²) in [6, 6.07) is 20.8. The molecule has 2 heterocycles. The largest absolute Gasteiger partial charge is 0.382 e. The van der Waals surface area contributed by atoms with Crippen LogP contribution in [0.5, 0.6) is 0 Å². The van der Waals surface area contributed by atoms with Gasteiger partial charge in [-0.3, -0.25) is 0 Å². The zero-order chi connectivity index (χ0) is 18.8. The topological polar surface area (TPSA) is 69.6 Å². The van der Waals surface area contributed by atoms with E-state index in [2.05, 4.69) is 65.4 Å². The molecule has 0 unspecified atom stereocenters. The molecule has 0 aliphatic rings. The predicted octanol–water partition coefficient (Wildman–Crippen LogP) is 4.39. The molecule has 0 amide bonds. The second kappa shape index (κ2) is 7.40. The molecule has 4 rings (SSSR count). The summed E-state index contributed by atoms with van der Waals surface area (Å²) >= 11 is 1.61. The number of rotatable bonds is 5. The number of aryl methyl sites for hydroxylation is 2. The van der Waals surface area contributed by atoms with Crippen LogP contribution in [-0.4, -0.2) is 19.5 Å². The number of hydrogen-bond acceptors (Lipinski definition) is 5. The van der Waals surface area contributed by atoms with Crippen LogP contribution in [0.1, 0.15) is 29.1 Å². The molecule has 0 radical (unpaired) electrons. The maximum Gasteiger partial charge on any atom is 0.192 e. The molecule has 2 N–H and O–H groups in total. The molecular weight excluding hydrogens is 354 g/mol. The third kappa shape index (κ3) is 3.40. The Morgan fingerprint density at radius 2 is 1.52 bits per heavy atom. The third-order valence-corrected chi connectivity index (χ3v) is 5.74. The van der Waals surface area contributed by atoms with E-state index in [-0.39, 0.29) is 5.25 Å². The Labute approximate surface area is 162 Å². The van der Waals surface area contributed by atoms with Gasteiger partial charge < -0.3 is 10.3 Å². The van der Waals surface area contributed by atoms with Gasteiger partial charge in [0.25, 0.3) is 0 Å². The number of benzene rings is 2. The van der Waals surface area contributed by atoms with E-state index in [0.29, 0.717) is 16.5 Å². The molecule has 0 aliphatic heterocycles. The van der Waals surface area contributed by atoms with Gasteiger partial charge in [-0.1, -0.05) is 79.3 Å². The number of fused-ring (bicyclic) bond motifs is 1. The normalized spacial score (nSPS) is 11.4. The highest BCUT2D eigenvalue weighted by Crippen LogP contribution is 2.39. The Hall–Kier alpha value is -2.86. The lowest BCUT2D eigenvalue weighted by molar-refractivity contribution is 0.814. The van der Waals surface area contributed by atoms with Crippen molar-refractivity contribution in [2.75, 3.05) is 5.73 Å². The zero-order valence-electron chi connectivity index (χ0n) is 15.3. The average Bonchev–Trinajstić information content (AvgIpc) is 3.04. The quantitative estimate of drug-likeness (QED) is 0.414. The monoisotopic (exact) mass is 375 g/mol. The lowest BCUT2D eigenvalue weighted by atomic mass is 10.0. The van der Waals surface area contributed by atoms with E-state index >= 15 is 0 Å². The number of nitrogens with two attached hydrogens (primary N) is 1. The smallest absolute Gasteiger partial charge is 0.192 e. The van der Waals surface area contributed by atoms with E-state index < -0.39 is 0 Å². The average molecular weight is 376 g/mol. The molecular formula is C21H21N5S. The van der Waals surface area contributed by atoms with Crippen molar-refractivity contribution in [1.29, 1.82) is 0 Å². The van der Waals surface area contributed by atoms with Crippen molar-refractivity contribution in [3.05, 3.63) is 77.6 Å². The van der Waals surface area contributed by atoms with Crippen LogP contribution in [0, 0.1) is 0 Å². The molecule has 0 saturated heterocycles. The molecule has 5 nitrogen and oxygen atoms in total. The number of thioether (sulfide) groups is 1. The second-order valence-electron chi connectivity index (χ2n) is 6.32. The van der Waals surface area contributed by atoms with E-state index in [0.717, 1.165) is 17.9 Å². The van der Waals surface area contributed by atoms with Gasteiger partial charge in [0.1, 0.15) is 5.82 Å². The Morgan fingerprint density at radius 1 is 0.926 bits per heavy atom. The van der Waals surface area contributed by atoms with Crippen molar-refractivity contribution in [2.45, 2.75) is 23.8 Å². The number of nitrogen functional groups attached to an aromatic ring is 1. The molecule has 0 bridgehead atoms. The lowest BCUT2D eigenvalue weighted by Gasteiger charge is -2.17. The summed E-state index contributed by atoms with van der Waals surface area (Å²) in [6.45, 7) is 2.07. The van der Waals surface area contributed by atoms with Gasteiger partial charge in [0.05, 0.1) is 5.25 Å². The van der Waals surface area contributed by atoms with Crippen molar-refractivity contribution in [3.63, 3.8) is 0 Å². The molecule has 2 aromatic carbocycles. The van der Waals surface area contributed by atoms with E-state index in [9.17, 15) is 0 Å². The summed E-state index contributed by atoms with van der Waals surface area (Å²) in [7, 11) is 1.97. The van der Waals surface area contributed by atoms with Gasteiger partial charge in [0.15, 0.2) is 22.1 Å². The van der Waals surface area contributed by atoms with E-state index in [4.69, 9.17) is 10.7 Å². The Kier molecular flexibility index (Phi) is 4.81. The van der Waals surface area contributed by atoms with Crippen LogP contribution < -0.4 is 5.73 Å². The van der Waals surface area contributed by atoms with Crippen molar-refractivity contribution in [2.24, 2.45) is 7.05 Å². The van der Waals surface area contributed by atoms with Crippen LogP contribution in [0.25, 0.3) is 11.2 Å². The highest BCUT2D eigenvalue weighted by molar-refractivity contribution is 7.99. The van der Waals surface area contributed by atoms with Gasteiger partial charge in [-0.15, -0.1) is 0 Å². The van der Waals surface area contributed by atoms with Gasteiger partial charge in [0, 0.05) is 13.5 Å². The Balaban J connectivity index is 1.78. The van der Waals surface area contributed by atoms with Crippen LogP contribution in [0.4, 0.5) is 5.82 Å². The minimum absolute atomic E-state index is 0.0862. The number of anilines is 1. The first kappa shape index (κ1) is 17.5. The van der Waals surface area contributed by atoms with Crippen LogP contribution in [0.3, 0.4) is 0 Å². The fourth-order valence-corrected chi connectivity index (χ4v) is 4.25. The molecule has 27 heavy (non-hydrogen) atoms. The fraction of sp³-hybridized carbons (Fsp3) is 0.190. The Bertz CT molecular complexity index is 1020. The lowest BCUT2D eigenvalue weighted by Crippen LogP contribution is -2.02. The minimum atomic E-state index is 0.0862. The van der Waals surface area contributed by atoms with E-state index in [1.807, 2.05) is 23.7 Å². The number of aromatic nitrogens is 4. The number of imidazole rings is 1. The molecule has 2 aromatic heterocycles.